The van der Waals surface area contributed by atoms with Crippen LogP contribution in [0.15, 0.2) is 17.7 Å². The Bertz CT molecular complexity index is 781. The van der Waals surface area contributed by atoms with E-state index in [1.54, 1.807) is 0 Å². The molecule has 4 nitrogen and oxygen atoms in total. The maximum Gasteiger partial charge on any atom is 0.317 e. The summed E-state index contributed by atoms with van der Waals surface area (Å²) in [4.78, 5) is 6.79. The third-order valence-corrected chi connectivity index (χ3v) is 5.12. The van der Waals surface area contributed by atoms with E-state index in [0.717, 1.165) is 30.7 Å². The molecule has 0 spiro atoms. The Morgan fingerprint density at radius 1 is 1.43 bits per heavy atom. The lowest BCUT2D eigenvalue weighted by atomic mass is 10.1. The zero-order valence-corrected chi connectivity index (χ0v) is 15.5. The summed E-state index contributed by atoms with van der Waals surface area (Å²) in [5.41, 5.74) is 3.96. The van der Waals surface area contributed by atoms with E-state index in [0.29, 0.717) is 27.6 Å². The molecule has 1 atom stereocenters. The number of hydrogen-bond donors (Lipinski definition) is 0. The van der Waals surface area contributed by atoms with Gasteiger partial charge in [0.2, 0.25) is 0 Å². The summed E-state index contributed by atoms with van der Waals surface area (Å²) in [6.07, 6.45) is 2.23. The number of benzene rings is 1. The van der Waals surface area contributed by atoms with Crippen LogP contribution in [0.4, 0.5) is 0 Å². The summed E-state index contributed by atoms with van der Waals surface area (Å²) in [7, 11) is 0. The highest BCUT2D eigenvalue weighted by molar-refractivity contribution is 6.45. The summed E-state index contributed by atoms with van der Waals surface area (Å²) >= 11 is 18.2. The van der Waals surface area contributed by atoms with Gasteiger partial charge in [-0.2, -0.15) is 4.98 Å². The van der Waals surface area contributed by atoms with Gasteiger partial charge < -0.3 is 4.29 Å². The van der Waals surface area contributed by atoms with Crippen LogP contribution in [0.25, 0.3) is 11.0 Å². The van der Waals surface area contributed by atoms with Gasteiger partial charge in [-0.15, -0.1) is 0 Å². The highest BCUT2D eigenvalue weighted by Gasteiger charge is 2.27. The molecule has 1 aromatic heterocycles. The van der Waals surface area contributed by atoms with Crippen LogP contribution in [0.2, 0.25) is 10.0 Å². The Hall–Kier alpha value is -0.940. The van der Waals surface area contributed by atoms with Crippen molar-refractivity contribution >= 4 is 46.1 Å². The van der Waals surface area contributed by atoms with Crippen LogP contribution >= 0.6 is 35.1 Å². The highest BCUT2D eigenvalue weighted by Crippen LogP contribution is 2.38. The molecule has 7 heteroatoms. The van der Waals surface area contributed by atoms with Crippen LogP contribution in [-0.2, 0) is 13.1 Å². The lowest BCUT2D eigenvalue weighted by Crippen LogP contribution is -2.34. The van der Waals surface area contributed by atoms with Gasteiger partial charge in [-0.1, -0.05) is 34.9 Å². The van der Waals surface area contributed by atoms with Crippen LogP contribution in [0, 0.1) is 0 Å². The van der Waals surface area contributed by atoms with Crippen LogP contribution in [0.3, 0.4) is 0 Å². The van der Waals surface area contributed by atoms with Crippen LogP contribution in [0.1, 0.15) is 26.3 Å². The fraction of sp³-hybridized carbons (Fsp3) is 0.438. The number of nitrogens with zero attached hydrogens (tertiary/aromatic N) is 3. The maximum atomic E-state index is 6.32. The Balaban J connectivity index is 2.14. The summed E-state index contributed by atoms with van der Waals surface area (Å²) < 4.78 is 6.91. The SMILES string of the molecule is CC(C)=CCN1Cc2cc(Cl)c(Cl)c3nc(OCl)n(c23)C[C@@H]1C. The van der Waals surface area contributed by atoms with E-state index in [2.05, 4.69) is 36.7 Å². The molecule has 1 aliphatic rings. The van der Waals surface area contributed by atoms with Crippen LogP contribution < -0.4 is 4.29 Å². The second kappa shape index (κ2) is 6.52. The molecule has 0 N–H and O–H groups in total. The molecule has 3 rings (SSSR count). The lowest BCUT2D eigenvalue weighted by Gasteiger charge is -2.26. The smallest absolute Gasteiger partial charge is 0.317 e. The van der Waals surface area contributed by atoms with E-state index in [1.807, 2.05) is 10.6 Å². The molecule has 0 saturated carbocycles. The predicted octanol–water partition coefficient (Wildman–Crippen LogP) is 5.05. The molecule has 0 amide bonds. The summed E-state index contributed by atoms with van der Waals surface area (Å²) in [5, 5.41) is 0.932. The van der Waals surface area contributed by atoms with Crippen molar-refractivity contribution in [2.75, 3.05) is 6.54 Å². The molecule has 0 radical (unpaired) electrons. The third kappa shape index (κ3) is 3.05. The Labute approximate surface area is 150 Å². The van der Waals surface area contributed by atoms with Crippen molar-refractivity contribution in [2.45, 2.75) is 39.9 Å². The minimum absolute atomic E-state index is 0.290. The van der Waals surface area contributed by atoms with Gasteiger partial charge in [0, 0.05) is 25.7 Å². The molecule has 1 aliphatic heterocycles. The number of allylic oxidation sites excluding steroid dienone is 1. The Kier molecular flexibility index (Phi) is 4.79. The summed E-state index contributed by atoms with van der Waals surface area (Å²) in [6.45, 7) is 8.75. The molecule has 0 unspecified atom stereocenters. The number of aromatic nitrogens is 2. The van der Waals surface area contributed by atoms with Crippen LogP contribution in [-0.4, -0.2) is 27.0 Å². The topological polar surface area (TPSA) is 30.3 Å². The van der Waals surface area contributed by atoms with Gasteiger partial charge in [0.25, 0.3) is 0 Å². The minimum atomic E-state index is 0.290. The van der Waals surface area contributed by atoms with Gasteiger partial charge >= 0.3 is 6.01 Å². The fourth-order valence-electron chi connectivity index (χ4n) is 2.96. The van der Waals surface area contributed by atoms with Gasteiger partial charge in [0.05, 0.1) is 15.6 Å². The quantitative estimate of drug-likeness (QED) is 0.705. The Morgan fingerprint density at radius 3 is 2.83 bits per heavy atom. The number of rotatable bonds is 3. The molecule has 2 aromatic rings. The predicted molar refractivity (Wildman–Crippen MR) is 95.5 cm³/mol. The first-order valence-corrected chi connectivity index (χ1v) is 8.52. The average molecular weight is 375 g/mol. The second-order valence-corrected chi connectivity index (χ2v) is 7.11. The molecular weight excluding hydrogens is 357 g/mol. The van der Waals surface area contributed by atoms with Crippen LogP contribution in [0.5, 0.6) is 6.01 Å². The van der Waals surface area contributed by atoms with E-state index >= 15 is 0 Å². The zero-order valence-electron chi connectivity index (χ0n) is 13.2. The number of halogens is 3. The average Bonchev–Trinajstić information content (AvgIpc) is 2.80. The summed E-state index contributed by atoms with van der Waals surface area (Å²) in [5.74, 6) is 0. The first kappa shape index (κ1) is 16.9. The third-order valence-electron chi connectivity index (χ3n) is 4.20. The normalized spacial score (nSPS) is 18.1. The van der Waals surface area contributed by atoms with Crippen molar-refractivity contribution < 1.29 is 4.29 Å². The van der Waals surface area contributed by atoms with Gasteiger partial charge in [-0.05, 0) is 32.4 Å². The highest BCUT2D eigenvalue weighted by atomic mass is 35.5. The molecule has 0 aliphatic carbocycles. The Morgan fingerprint density at radius 2 is 2.17 bits per heavy atom. The molecule has 0 bridgehead atoms. The van der Waals surface area contributed by atoms with E-state index in [1.165, 1.54) is 5.57 Å². The molecule has 1 aromatic carbocycles. The van der Waals surface area contributed by atoms with Crippen molar-refractivity contribution in [3.05, 3.63) is 33.3 Å². The minimum Gasteiger partial charge on any atom is -0.347 e. The van der Waals surface area contributed by atoms with Gasteiger partial charge in [0.15, 0.2) is 0 Å². The molecule has 0 saturated heterocycles. The van der Waals surface area contributed by atoms with Crippen molar-refractivity contribution in [1.82, 2.24) is 14.5 Å². The van der Waals surface area contributed by atoms with E-state index in [-0.39, 0.29) is 0 Å². The molecule has 0 fully saturated rings. The first-order valence-electron chi connectivity index (χ1n) is 7.45. The van der Waals surface area contributed by atoms with Gasteiger partial charge in [0.1, 0.15) is 17.4 Å². The first-order chi connectivity index (χ1) is 10.9. The van der Waals surface area contributed by atoms with Gasteiger partial charge in [-0.25, -0.2) is 0 Å². The largest absolute Gasteiger partial charge is 0.347 e. The molecule has 23 heavy (non-hydrogen) atoms. The van der Waals surface area contributed by atoms with Gasteiger partial charge in [-0.3, -0.25) is 9.47 Å². The lowest BCUT2D eigenvalue weighted by molar-refractivity contribution is 0.208. The summed E-state index contributed by atoms with van der Waals surface area (Å²) in [6, 6.07) is 2.55. The molecule has 2 heterocycles. The zero-order chi connectivity index (χ0) is 16.7. The fourth-order valence-corrected chi connectivity index (χ4v) is 3.48. The molecule has 124 valence electrons. The monoisotopic (exact) mass is 373 g/mol. The maximum absolute atomic E-state index is 6.32. The standard InChI is InChI=1S/C16H18Cl3N3O/c1-9(2)4-5-21-8-11-6-12(17)13(18)14-15(11)22(7-10(21)3)16(20-14)23-19/h4,6,10H,5,7-8H2,1-3H3/t10-/m0/s1. The van der Waals surface area contributed by atoms with Crippen molar-refractivity contribution in [3.63, 3.8) is 0 Å². The second-order valence-electron chi connectivity index (χ2n) is 6.17. The molecular formula is C16H18Cl3N3O. The van der Waals surface area contributed by atoms with E-state index < -0.39 is 0 Å². The van der Waals surface area contributed by atoms with E-state index in [4.69, 9.17) is 39.4 Å². The van der Waals surface area contributed by atoms with E-state index in [9.17, 15) is 0 Å². The van der Waals surface area contributed by atoms with Crippen molar-refractivity contribution in [1.29, 1.82) is 0 Å². The number of hydrogen-bond acceptors (Lipinski definition) is 3. The van der Waals surface area contributed by atoms with Crippen molar-refractivity contribution in [3.8, 4) is 6.01 Å². The number of imidazole rings is 1. The van der Waals surface area contributed by atoms with Crippen molar-refractivity contribution in [2.24, 2.45) is 0 Å².